The summed E-state index contributed by atoms with van der Waals surface area (Å²) in [5, 5.41) is 11.1. The molecule has 0 fully saturated rings. The van der Waals surface area contributed by atoms with Gasteiger partial charge in [0, 0.05) is 23.0 Å². The average molecular weight is 415 g/mol. The van der Waals surface area contributed by atoms with Crippen LogP contribution in [0.5, 0.6) is 0 Å². The molecular formula is C27H30N2O2. The highest BCUT2D eigenvalue weighted by molar-refractivity contribution is 6.01. The third kappa shape index (κ3) is 4.40. The van der Waals surface area contributed by atoms with E-state index < -0.39 is 6.10 Å². The Balaban J connectivity index is 1.67. The van der Waals surface area contributed by atoms with Crippen molar-refractivity contribution in [3.8, 4) is 11.1 Å². The molecule has 1 atom stereocenters. The summed E-state index contributed by atoms with van der Waals surface area (Å²) in [5.74, 6) is 0.694. The summed E-state index contributed by atoms with van der Waals surface area (Å²) in [4.78, 5) is 9.27. The van der Waals surface area contributed by atoms with Gasteiger partial charge >= 0.3 is 0 Å². The van der Waals surface area contributed by atoms with Crippen LogP contribution in [0.25, 0.3) is 11.1 Å². The molecule has 0 aliphatic carbocycles. The minimum atomic E-state index is -0.692. The summed E-state index contributed by atoms with van der Waals surface area (Å²) in [5.41, 5.74) is 6.77. The standard InChI is InChI=1S/C27H30N2O2/c1-5-8-23-24(18(2)15-16-28-23)25(30)20-13-11-19(12-14-20)21-9-6-7-10-22(21)26-29-27(3,4)17-31-26/h6-7,9-16,25,30H,5,8,17H2,1-4H3. The van der Waals surface area contributed by atoms with Crippen molar-refractivity contribution in [1.29, 1.82) is 0 Å². The van der Waals surface area contributed by atoms with Gasteiger partial charge in [-0.05, 0) is 61.6 Å². The highest BCUT2D eigenvalue weighted by atomic mass is 16.5. The van der Waals surface area contributed by atoms with E-state index in [0.29, 0.717) is 12.5 Å². The number of benzene rings is 2. The summed E-state index contributed by atoms with van der Waals surface area (Å²) in [6, 6.07) is 18.3. The zero-order chi connectivity index (χ0) is 22.0. The molecule has 2 aromatic carbocycles. The lowest BCUT2D eigenvalue weighted by Crippen LogP contribution is -2.17. The van der Waals surface area contributed by atoms with Crippen LogP contribution in [0, 0.1) is 6.92 Å². The lowest BCUT2D eigenvalue weighted by molar-refractivity contribution is 0.217. The van der Waals surface area contributed by atoms with Crippen molar-refractivity contribution >= 4 is 5.90 Å². The predicted octanol–water partition coefficient (Wildman–Crippen LogP) is 5.65. The molecule has 31 heavy (non-hydrogen) atoms. The average Bonchev–Trinajstić information content (AvgIpc) is 3.13. The molecule has 0 saturated carbocycles. The van der Waals surface area contributed by atoms with Crippen molar-refractivity contribution in [1.82, 2.24) is 4.98 Å². The van der Waals surface area contributed by atoms with E-state index in [1.807, 2.05) is 49.5 Å². The van der Waals surface area contributed by atoms with E-state index in [0.717, 1.165) is 51.9 Å². The highest BCUT2D eigenvalue weighted by Gasteiger charge is 2.28. The van der Waals surface area contributed by atoms with Crippen LogP contribution in [0.4, 0.5) is 0 Å². The van der Waals surface area contributed by atoms with Crippen molar-refractivity contribution in [2.24, 2.45) is 4.99 Å². The number of pyridine rings is 1. The Hall–Kier alpha value is -2.98. The molecule has 1 aromatic heterocycles. The highest BCUT2D eigenvalue weighted by Crippen LogP contribution is 2.32. The monoisotopic (exact) mass is 414 g/mol. The first kappa shape index (κ1) is 21.3. The Morgan fingerprint density at radius 1 is 1.03 bits per heavy atom. The number of aryl methyl sites for hydroxylation is 2. The molecule has 3 aromatic rings. The van der Waals surface area contributed by atoms with Gasteiger partial charge in [0.05, 0.1) is 5.54 Å². The third-order valence-corrected chi connectivity index (χ3v) is 5.71. The van der Waals surface area contributed by atoms with Crippen LogP contribution in [0.1, 0.15) is 61.2 Å². The number of aliphatic imine (C=N–C) groups is 1. The normalized spacial score (nSPS) is 16.0. The molecule has 1 N–H and O–H groups in total. The third-order valence-electron chi connectivity index (χ3n) is 5.71. The molecule has 0 spiro atoms. The lowest BCUT2D eigenvalue weighted by Gasteiger charge is -2.18. The molecule has 0 bridgehead atoms. The molecule has 160 valence electrons. The number of aliphatic hydroxyl groups excluding tert-OH is 1. The van der Waals surface area contributed by atoms with Gasteiger partial charge in [-0.25, -0.2) is 4.99 Å². The van der Waals surface area contributed by atoms with Gasteiger partial charge in [0.25, 0.3) is 0 Å². The Bertz CT molecular complexity index is 1100. The Morgan fingerprint density at radius 2 is 1.74 bits per heavy atom. The fourth-order valence-electron chi connectivity index (χ4n) is 4.09. The summed E-state index contributed by atoms with van der Waals surface area (Å²) in [6.07, 6.45) is 2.99. The molecule has 4 heteroatoms. The van der Waals surface area contributed by atoms with Gasteiger partial charge in [0.2, 0.25) is 5.90 Å². The number of aromatic nitrogens is 1. The van der Waals surface area contributed by atoms with Crippen LogP contribution in [0.3, 0.4) is 0 Å². The van der Waals surface area contributed by atoms with Crippen molar-refractivity contribution in [2.75, 3.05) is 6.61 Å². The van der Waals surface area contributed by atoms with Crippen molar-refractivity contribution < 1.29 is 9.84 Å². The minimum absolute atomic E-state index is 0.200. The fourth-order valence-corrected chi connectivity index (χ4v) is 4.09. The van der Waals surface area contributed by atoms with E-state index in [-0.39, 0.29) is 5.54 Å². The number of ether oxygens (including phenoxy) is 1. The van der Waals surface area contributed by atoms with E-state index in [9.17, 15) is 5.11 Å². The van der Waals surface area contributed by atoms with E-state index in [1.165, 1.54) is 0 Å². The van der Waals surface area contributed by atoms with Gasteiger partial charge in [0.15, 0.2) is 0 Å². The Kier molecular flexibility index (Phi) is 5.92. The van der Waals surface area contributed by atoms with Gasteiger partial charge in [-0.15, -0.1) is 0 Å². The van der Waals surface area contributed by atoms with Gasteiger partial charge < -0.3 is 9.84 Å². The number of hydrogen-bond acceptors (Lipinski definition) is 4. The Morgan fingerprint density at radius 3 is 2.39 bits per heavy atom. The van der Waals surface area contributed by atoms with Gasteiger partial charge in [-0.1, -0.05) is 55.8 Å². The maximum Gasteiger partial charge on any atom is 0.217 e. The maximum absolute atomic E-state index is 11.1. The second kappa shape index (κ2) is 8.64. The van der Waals surface area contributed by atoms with E-state index in [4.69, 9.17) is 9.73 Å². The van der Waals surface area contributed by atoms with Gasteiger partial charge in [-0.3, -0.25) is 4.98 Å². The summed E-state index contributed by atoms with van der Waals surface area (Å²) in [7, 11) is 0. The van der Waals surface area contributed by atoms with E-state index in [2.05, 4.69) is 44.0 Å². The van der Waals surface area contributed by atoms with E-state index in [1.54, 1.807) is 0 Å². The van der Waals surface area contributed by atoms with Crippen LogP contribution >= 0.6 is 0 Å². The topological polar surface area (TPSA) is 54.7 Å². The van der Waals surface area contributed by atoms with Crippen molar-refractivity contribution in [3.05, 3.63) is 88.7 Å². The second-order valence-corrected chi connectivity index (χ2v) is 8.83. The first-order chi connectivity index (χ1) is 14.9. The molecule has 1 aliphatic rings. The molecule has 1 unspecified atom stereocenters. The number of aliphatic hydroxyl groups is 1. The molecule has 4 rings (SSSR count). The van der Waals surface area contributed by atoms with Crippen molar-refractivity contribution in [3.63, 3.8) is 0 Å². The first-order valence-electron chi connectivity index (χ1n) is 10.9. The SMILES string of the molecule is CCCc1nccc(C)c1C(O)c1ccc(-c2ccccc2C2=NC(C)(C)CO2)cc1. The summed E-state index contributed by atoms with van der Waals surface area (Å²) < 4.78 is 5.89. The second-order valence-electron chi connectivity index (χ2n) is 8.83. The zero-order valence-corrected chi connectivity index (χ0v) is 18.7. The zero-order valence-electron chi connectivity index (χ0n) is 18.7. The van der Waals surface area contributed by atoms with Crippen LogP contribution < -0.4 is 0 Å². The molecule has 0 amide bonds. The van der Waals surface area contributed by atoms with Crippen LogP contribution in [0.15, 0.2) is 65.8 Å². The van der Waals surface area contributed by atoms with Gasteiger partial charge in [-0.2, -0.15) is 0 Å². The minimum Gasteiger partial charge on any atom is -0.475 e. The molecule has 0 saturated heterocycles. The smallest absolute Gasteiger partial charge is 0.217 e. The quantitative estimate of drug-likeness (QED) is 0.567. The van der Waals surface area contributed by atoms with Gasteiger partial charge in [0.1, 0.15) is 12.7 Å². The molecule has 4 nitrogen and oxygen atoms in total. The molecule has 1 aliphatic heterocycles. The number of rotatable bonds is 6. The Labute approximate surface area is 184 Å². The lowest BCUT2D eigenvalue weighted by atomic mass is 9.92. The molecule has 0 radical (unpaired) electrons. The fraction of sp³-hybridized carbons (Fsp3) is 0.333. The molecular weight excluding hydrogens is 384 g/mol. The number of hydrogen-bond donors (Lipinski definition) is 1. The first-order valence-corrected chi connectivity index (χ1v) is 10.9. The predicted molar refractivity (Wildman–Crippen MR) is 125 cm³/mol. The van der Waals surface area contributed by atoms with Crippen LogP contribution in [0.2, 0.25) is 0 Å². The van der Waals surface area contributed by atoms with Crippen molar-refractivity contribution in [2.45, 2.75) is 52.2 Å². The summed E-state index contributed by atoms with van der Waals surface area (Å²) >= 11 is 0. The van der Waals surface area contributed by atoms with E-state index >= 15 is 0 Å². The molecule has 2 heterocycles. The maximum atomic E-state index is 11.1. The largest absolute Gasteiger partial charge is 0.475 e. The summed E-state index contributed by atoms with van der Waals surface area (Å²) in [6.45, 7) is 8.91. The van der Waals surface area contributed by atoms with Crippen LogP contribution in [-0.4, -0.2) is 28.1 Å². The number of nitrogens with zero attached hydrogens (tertiary/aromatic N) is 2. The van der Waals surface area contributed by atoms with Crippen LogP contribution in [-0.2, 0) is 11.2 Å².